The predicted molar refractivity (Wildman–Crippen MR) is 141 cm³/mol. The molecule has 1 aliphatic heterocycles. The molecule has 38 heavy (non-hydrogen) atoms. The Bertz CT molecular complexity index is 1480. The Hall–Kier alpha value is -3.84. The van der Waals surface area contributed by atoms with Crippen LogP contribution >= 0.6 is 11.6 Å². The number of alkyl halides is 3. The fourth-order valence-corrected chi connectivity index (χ4v) is 5.54. The van der Waals surface area contributed by atoms with E-state index in [1.165, 1.54) is 12.1 Å². The second-order valence-electron chi connectivity index (χ2n) is 9.48. The molecule has 0 fully saturated rings. The van der Waals surface area contributed by atoms with E-state index in [1.807, 2.05) is 30.3 Å². The van der Waals surface area contributed by atoms with Gasteiger partial charge in [-0.05, 0) is 54.7 Å². The molecule has 194 valence electrons. The highest BCUT2D eigenvalue weighted by molar-refractivity contribution is 6.31. The Balaban J connectivity index is 1.55. The number of dihydropyridines is 1. The van der Waals surface area contributed by atoms with E-state index in [0.29, 0.717) is 28.3 Å². The van der Waals surface area contributed by atoms with Crippen LogP contribution in [0.25, 0.3) is 0 Å². The van der Waals surface area contributed by atoms with E-state index < -0.39 is 23.6 Å². The molecular weight excluding hydrogens is 513 g/mol. The summed E-state index contributed by atoms with van der Waals surface area (Å²) in [7, 11) is 0. The molecule has 8 heteroatoms. The number of carbonyl (C=O) groups is 2. The molecule has 0 saturated heterocycles. The number of halogens is 4. The monoisotopic (exact) mass is 536 g/mol. The van der Waals surface area contributed by atoms with Crippen LogP contribution in [0, 0.1) is 0 Å². The van der Waals surface area contributed by atoms with Crippen molar-refractivity contribution in [3.05, 3.63) is 123 Å². The lowest BCUT2D eigenvalue weighted by molar-refractivity contribution is -0.137. The average molecular weight is 537 g/mol. The fraction of sp³-hybridized carbons (Fsp3) is 0.200. The molecule has 3 aromatic rings. The minimum absolute atomic E-state index is 0.00178. The first-order chi connectivity index (χ1) is 18.1. The van der Waals surface area contributed by atoms with Crippen molar-refractivity contribution in [2.45, 2.75) is 37.8 Å². The maximum atomic E-state index is 13.7. The number of allylic oxidation sites excluding steroid dienone is 3. The summed E-state index contributed by atoms with van der Waals surface area (Å²) >= 11 is 6.58. The normalized spacial score (nSPS) is 19.7. The van der Waals surface area contributed by atoms with Crippen molar-refractivity contribution in [2.75, 3.05) is 5.32 Å². The number of hydrogen-bond acceptors (Lipinski definition) is 3. The lowest BCUT2D eigenvalue weighted by Gasteiger charge is -2.37. The van der Waals surface area contributed by atoms with Crippen LogP contribution in [0.3, 0.4) is 0 Å². The third-order valence-electron chi connectivity index (χ3n) is 7.01. The molecule has 0 radical (unpaired) electrons. The Morgan fingerprint density at radius 1 is 0.974 bits per heavy atom. The van der Waals surface area contributed by atoms with Gasteiger partial charge in [-0.25, -0.2) is 0 Å². The minimum atomic E-state index is -4.55. The van der Waals surface area contributed by atoms with E-state index >= 15 is 0 Å². The molecule has 0 saturated carbocycles. The van der Waals surface area contributed by atoms with Gasteiger partial charge in [0.2, 0.25) is 0 Å². The molecule has 4 nitrogen and oxygen atoms in total. The Morgan fingerprint density at radius 3 is 2.39 bits per heavy atom. The van der Waals surface area contributed by atoms with Crippen molar-refractivity contribution in [3.63, 3.8) is 0 Å². The largest absolute Gasteiger partial charge is 0.416 e. The Morgan fingerprint density at radius 2 is 1.68 bits per heavy atom. The second kappa shape index (κ2) is 10.1. The van der Waals surface area contributed by atoms with Gasteiger partial charge in [0.25, 0.3) is 5.91 Å². The maximum absolute atomic E-state index is 13.7. The molecule has 1 heterocycles. The molecule has 2 aliphatic rings. The fourth-order valence-electron chi connectivity index (χ4n) is 5.29. The minimum Gasteiger partial charge on any atom is -0.362 e. The van der Waals surface area contributed by atoms with Crippen molar-refractivity contribution in [1.29, 1.82) is 0 Å². The van der Waals surface area contributed by atoms with Crippen molar-refractivity contribution >= 4 is 29.0 Å². The molecule has 0 spiro atoms. The summed E-state index contributed by atoms with van der Waals surface area (Å²) in [6.45, 7) is 1.73. The average Bonchev–Trinajstić information content (AvgIpc) is 2.88. The van der Waals surface area contributed by atoms with E-state index in [1.54, 1.807) is 31.2 Å². The molecular formula is C30H24ClF3N2O2. The van der Waals surface area contributed by atoms with E-state index in [0.717, 1.165) is 23.4 Å². The first kappa shape index (κ1) is 25.8. The lowest BCUT2D eigenvalue weighted by Crippen LogP contribution is -2.37. The number of anilines is 1. The van der Waals surface area contributed by atoms with Gasteiger partial charge in [0.15, 0.2) is 5.78 Å². The molecule has 1 aliphatic carbocycles. The summed E-state index contributed by atoms with van der Waals surface area (Å²) in [6, 6.07) is 21.2. The van der Waals surface area contributed by atoms with E-state index in [2.05, 4.69) is 10.6 Å². The van der Waals surface area contributed by atoms with Gasteiger partial charge >= 0.3 is 6.18 Å². The van der Waals surface area contributed by atoms with Gasteiger partial charge in [-0.3, -0.25) is 9.59 Å². The van der Waals surface area contributed by atoms with Crippen molar-refractivity contribution in [1.82, 2.24) is 5.32 Å². The zero-order valence-corrected chi connectivity index (χ0v) is 21.2. The molecule has 2 N–H and O–H groups in total. The molecule has 0 unspecified atom stereocenters. The van der Waals surface area contributed by atoms with Gasteiger partial charge < -0.3 is 10.6 Å². The number of benzene rings is 3. The lowest BCUT2D eigenvalue weighted by atomic mass is 9.71. The van der Waals surface area contributed by atoms with Crippen molar-refractivity contribution in [2.24, 2.45) is 0 Å². The summed E-state index contributed by atoms with van der Waals surface area (Å²) in [4.78, 5) is 27.3. The molecule has 0 bridgehead atoms. The van der Waals surface area contributed by atoms with E-state index in [-0.39, 0.29) is 29.4 Å². The van der Waals surface area contributed by atoms with Crippen LogP contribution in [0.5, 0.6) is 0 Å². The number of nitrogens with one attached hydrogen (secondary N) is 2. The summed E-state index contributed by atoms with van der Waals surface area (Å²) in [5, 5.41) is 6.27. The number of Topliss-reactive ketones (excluding diaryl/α,β-unsaturated/α-hetero) is 1. The number of rotatable bonds is 4. The first-order valence-electron chi connectivity index (χ1n) is 12.2. The molecule has 5 rings (SSSR count). The van der Waals surface area contributed by atoms with Gasteiger partial charge in [-0.1, -0.05) is 66.2 Å². The molecule has 3 aromatic carbocycles. The Labute approximate surface area is 223 Å². The smallest absolute Gasteiger partial charge is 0.362 e. The quantitative estimate of drug-likeness (QED) is 0.366. The number of ketones is 1. The topological polar surface area (TPSA) is 58.2 Å². The summed E-state index contributed by atoms with van der Waals surface area (Å²) in [6.07, 6.45) is -3.70. The van der Waals surface area contributed by atoms with Gasteiger partial charge in [-0.2, -0.15) is 13.2 Å². The van der Waals surface area contributed by atoms with Crippen molar-refractivity contribution in [3.8, 4) is 0 Å². The molecule has 0 aromatic heterocycles. The van der Waals surface area contributed by atoms with Gasteiger partial charge in [0.1, 0.15) is 0 Å². The summed E-state index contributed by atoms with van der Waals surface area (Å²) in [5.41, 5.74) is 2.71. The van der Waals surface area contributed by atoms with Gasteiger partial charge in [-0.15, -0.1) is 0 Å². The molecule has 2 atom stereocenters. The highest BCUT2D eigenvalue weighted by Crippen LogP contribution is 2.47. The second-order valence-corrected chi connectivity index (χ2v) is 9.89. The maximum Gasteiger partial charge on any atom is 0.416 e. The van der Waals surface area contributed by atoms with Gasteiger partial charge in [0.05, 0.1) is 5.56 Å². The third-order valence-corrected chi connectivity index (χ3v) is 7.35. The van der Waals surface area contributed by atoms with Crippen LogP contribution in [0.15, 0.2) is 101 Å². The SMILES string of the molecule is CC1=C(C(=O)Nc2cccc(C(F)(F)F)c2)[C@H](c2ccccc2Cl)C2=C(C[C@H](c3ccccc3)CC2=O)N1. The van der Waals surface area contributed by atoms with Crippen LogP contribution in [-0.2, 0) is 15.8 Å². The van der Waals surface area contributed by atoms with Crippen LogP contribution in [-0.4, -0.2) is 11.7 Å². The van der Waals surface area contributed by atoms with Crippen LogP contribution in [0.4, 0.5) is 18.9 Å². The number of amides is 1. The van der Waals surface area contributed by atoms with E-state index in [4.69, 9.17) is 11.6 Å². The number of carbonyl (C=O) groups excluding carboxylic acids is 2. The van der Waals surface area contributed by atoms with Crippen LogP contribution < -0.4 is 10.6 Å². The molecule has 1 amide bonds. The number of hydrogen-bond donors (Lipinski definition) is 2. The highest BCUT2D eigenvalue weighted by Gasteiger charge is 2.41. The zero-order chi connectivity index (χ0) is 27.0. The van der Waals surface area contributed by atoms with E-state index in [9.17, 15) is 22.8 Å². The highest BCUT2D eigenvalue weighted by atomic mass is 35.5. The predicted octanol–water partition coefficient (Wildman–Crippen LogP) is 7.36. The zero-order valence-electron chi connectivity index (χ0n) is 20.4. The van der Waals surface area contributed by atoms with Crippen LogP contribution in [0.1, 0.15) is 48.3 Å². The van der Waals surface area contributed by atoms with Gasteiger partial charge in [0, 0.05) is 45.6 Å². The summed E-state index contributed by atoms with van der Waals surface area (Å²) < 4.78 is 39.7. The first-order valence-corrected chi connectivity index (χ1v) is 12.5. The van der Waals surface area contributed by atoms with Crippen LogP contribution in [0.2, 0.25) is 5.02 Å². The third kappa shape index (κ3) is 4.98. The standard InChI is InChI=1S/C30H24ClF3N2O2/c1-17-26(29(38)36-21-11-7-10-20(16-21)30(32,33)34)27(22-12-5-6-13-23(22)31)28-24(35-17)14-19(15-25(28)37)18-8-3-2-4-9-18/h2-13,16,19,27,35H,14-15H2,1H3,(H,36,38)/t19-,27-/m0/s1. The van der Waals surface area contributed by atoms with Crippen molar-refractivity contribution < 1.29 is 22.8 Å². The summed E-state index contributed by atoms with van der Waals surface area (Å²) in [5.74, 6) is -1.50. The Kier molecular flexibility index (Phi) is 6.88.